The second kappa shape index (κ2) is 5.32. The molecule has 3 rings (SSSR count). The molecule has 0 aromatic carbocycles. The molecule has 16 heavy (non-hydrogen) atoms. The van der Waals surface area contributed by atoms with E-state index in [1.54, 1.807) is 11.3 Å². The van der Waals surface area contributed by atoms with Crippen LogP contribution in [0.1, 0.15) is 16.8 Å². The second-order valence-electron chi connectivity index (χ2n) is 3.72. The number of pyridine rings is 1. The Morgan fingerprint density at radius 1 is 1.38 bits per heavy atom. The summed E-state index contributed by atoms with van der Waals surface area (Å²) in [5.41, 5.74) is 5.32. The number of aryl methyl sites for hydroxylation is 1. The fraction of sp³-hybridized carbons (Fsp3) is 0.364. The Morgan fingerprint density at radius 2 is 2.19 bits per heavy atom. The first-order valence-electron chi connectivity index (χ1n) is 4.92. The lowest BCUT2D eigenvalue weighted by Crippen LogP contribution is -2.25. The van der Waals surface area contributed by atoms with Crippen LogP contribution in [0.2, 0.25) is 0 Å². The van der Waals surface area contributed by atoms with Gasteiger partial charge in [0.25, 0.3) is 0 Å². The molecule has 3 heterocycles. The van der Waals surface area contributed by atoms with Crippen molar-refractivity contribution in [2.45, 2.75) is 19.9 Å². The van der Waals surface area contributed by atoms with E-state index in [0.717, 1.165) is 19.5 Å². The predicted octanol–water partition coefficient (Wildman–Crippen LogP) is 3.09. The van der Waals surface area contributed by atoms with E-state index in [0.29, 0.717) is 0 Å². The summed E-state index contributed by atoms with van der Waals surface area (Å²) >= 11 is 1.80. The topological polar surface area (TPSA) is 24.9 Å². The smallest absolute Gasteiger partial charge is 0.0815 e. The summed E-state index contributed by atoms with van der Waals surface area (Å²) in [6.07, 6.45) is 1.07. The Bertz CT molecular complexity index is 496. The first-order chi connectivity index (χ1) is 6.86. The standard InChI is InChI=1S/C11H12N2S.2ClH/c1-7-8-6-12-4-2-9(8)13-10-3-5-14-11(7)10;;/h3,5,12H,2,4,6H2,1H3;2*1H. The van der Waals surface area contributed by atoms with Crippen LogP contribution in [-0.4, -0.2) is 11.5 Å². The van der Waals surface area contributed by atoms with Gasteiger partial charge in [0.1, 0.15) is 0 Å². The summed E-state index contributed by atoms with van der Waals surface area (Å²) < 4.78 is 1.35. The van der Waals surface area contributed by atoms with Gasteiger partial charge in [-0.25, -0.2) is 0 Å². The van der Waals surface area contributed by atoms with Crippen LogP contribution < -0.4 is 5.32 Å². The van der Waals surface area contributed by atoms with E-state index in [-0.39, 0.29) is 24.8 Å². The summed E-state index contributed by atoms with van der Waals surface area (Å²) in [5.74, 6) is 0. The largest absolute Gasteiger partial charge is 0.312 e. The fourth-order valence-corrected chi connectivity index (χ4v) is 2.97. The predicted molar refractivity (Wildman–Crippen MR) is 74.3 cm³/mol. The van der Waals surface area contributed by atoms with Gasteiger partial charge >= 0.3 is 0 Å². The minimum atomic E-state index is 0. The molecule has 2 nitrogen and oxygen atoms in total. The van der Waals surface area contributed by atoms with E-state index in [9.17, 15) is 0 Å². The molecule has 0 spiro atoms. The van der Waals surface area contributed by atoms with Gasteiger partial charge < -0.3 is 5.32 Å². The van der Waals surface area contributed by atoms with Gasteiger partial charge in [0, 0.05) is 25.2 Å². The molecule has 0 saturated carbocycles. The van der Waals surface area contributed by atoms with Gasteiger partial charge in [0.2, 0.25) is 0 Å². The molecule has 2 aromatic heterocycles. The van der Waals surface area contributed by atoms with Crippen LogP contribution in [0.5, 0.6) is 0 Å². The third-order valence-corrected chi connectivity index (χ3v) is 3.91. The third kappa shape index (κ3) is 2.05. The van der Waals surface area contributed by atoms with Gasteiger partial charge in [-0.2, -0.15) is 0 Å². The molecular weight excluding hydrogens is 263 g/mol. The minimum Gasteiger partial charge on any atom is -0.312 e. The van der Waals surface area contributed by atoms with Crippen molar-refractivity contribution in [2.24, 2.45) is 0 Å². The molecule has 0 atom stereocenters. The van der Waals surface area contributed by atoms with Crippen molar-refractivity contribution in [1.29, 1.82) is 0 Å². The molecule has 88 valence electrons. The Labute approximate surface area is 111 Å². The molecule has 5 heteroatoms. The van der Waals surface area contributed by atoms with Crippen molar-refractivity contribution in [3.05, 3.63) is 28.3 Å². The van der Waals surface area contributed by atoms with Crippen LogP contribution in [0.15, 0.2) is 11.4 Å². The lowest BCUT2D eigenvalue weighted by atomic mass is 10.0. The van der Waals surface area contributed by atoms with Crippen molar-refractivity contribution >= 4 is 46.4 Å². The van der Waals surface area contributed by atoms with Crippen molar-refractivity contribution in [3.63, 3.8) is 0 Å². The van der Waals surface area contributed by atoms with E-state index >= 15 is 0 Å². The molecule has 1 aliphatic heterocycles. The zero-order valence-corrected chi connectivity index (χ0v) is 11.4. The lowest BCUT2D eigenvalue weighted by Gasteiger charge is -2.18. The number of aromatic nitrogens is 1. The third-order valence-electron chi connectivity index (χ3n) is 2.88. The number of halogens is 2. The Hall–Kier alpha value is -0.350. The van der Waals surface area contributed by atoms with Crippen LogP contribution >= 0.6 is 36.2 Å². The van der Waals surface area contributed by atoms with Crippen molar-refractivity contribution in [1.82, 2.24) is 10.3 Å². The maximum Gasteiger partial charge on any atom is 0.0815 e. The first-order valence-corrected chi connectivity index (χ1v) is 5.80. The number of fused-ring (bicyclic) bond motifs is 2. The van der Waals surface area contributed by atoms with Crippen LogP contribution in [0.4, 0.5) is 0 Å². The molecule has 0 bridgehead atoms. The summed E-state index contributed by atoms with van der Waals surface area (Å²) in [5, 5.41) is 5.53. The van der Waals surface area contributed by atoms with Crippen molar-refractivity contribution in [2.75, 3.05) is 6.54 Å². The van der Waals surface area contributed by atoms with Crippen LogP contribution in [0.25, 0.3) is 10.2 Å². The SMILES string of the molecule is Cc1c2c(nc3ccsc13)CCNC2.Cl.Cl. The number of thiophene rings is 1. The molecule has 0 aliphatic carbocycles. The minimum absolute atomic E-state index is 0. The van der Waals surface area contributed by atoms with Crippen molar-refractivity contribution < 1.29 is 0 Å². The van der Waals surface area contributed by atoms with Crippen LogP contribution in [0.3, 0.4) is 0 Å². The highest BCUT2D eigenvalue weighted by Gasteiger charge is 2.15. The number of rotatable bonds is 0. The average molecular weight is 277 g/mol. The molecular formula is C11H14Cl2N2S. The number of nitrogens with zero attached hydrogens (tertiary/aromatic N) is 1. The monoisotopic (exact) mass is 276 g/mol. The number of nitrogens with one attached hydrogen (secondary N) is 1. The Balaban J connectivity index is 0.000000640. The zero-order chi connectivity index (χ0) is 9.54. The Kier molecular flexibility index (Phi) is 4.56. The molecule has 0 unspecified atom stereocenters. The van der Waals surface area contributed by atoms with Gasteiger partial charge in [-0.1, -0.05) is 0 Å². The average Bonchev–Trinajstić information content (AvgIpc) is 2.66. The summed E-state index contributed by atoms with van der Waals surface area (Å²) in [4.78, 5) is 4.71. The molecule has 0 saturated heterocycles. The first kappa shape index (κ1) is 13.7. The molecule has 2 aromatic rings. The maximum atomic E-state index is 4.71. The van der Waals surface area contributed by atoms with E-state index < -0.39 is 0 Å². The normalized spacial score (nSPS) is 13.8. The van der Waals surface area contributed by atoms with Gasteiger partial charge in [-0.3, -0.25) is 4.98 Å². The van der Waals surface area contributed by atoms with Crippen LogP contribution in [-0.2, 0) is 13.0 Å². The van der Waals surface area contributed by atoms with Gasteiger partial charge in [-0.05, 0) is 29.5 Å². The van der Waals surface area contributed by atoms with E-state index in [2.05, 4.69) is 23.7 Å². The van der Waals surface area contributed by atoms with Gasteiger partial charge in [0.05, 0.1) is 10.2 Å². The zero-order valence-electron chi connectivity index (χ0n) is 8.95. The second-order valence-corrected chi connectivity index (χ2v) is 4.64. The number of hydrogen-bond donors (Lipinski definition) is 1. The molecule has 0 radical (unpaired) electrons. The van der Waals surface area contributed by atoms with Gasteiger partial charge in [-0.15, -0.1) is 36.2 Å². The highest BCUT2D eigenvalue weighted by Crippen LogP contribution is 2.28. The maximum absolute atomic E-state index is 4.71. The fourth-order valence-electron chi connectivity index (χ4n) is 2.10. The molecule has 1 N–H and O–H groups in total. The highest BCUT2D eigenvalue weighted by atomic mass is 35.5. The molecule has 0 fully saturated rings. The van der Waals surface area contributed by atoms with E-state index in [1.807, 2.05) is 0 Å². The summed E-state index contributed by atoms with van der Waals surface area (Å²) in [6.45, 7) is 4.27. The molecule has 0 amide bonds. The van der Waals surface area contributed by atoms with E-state index in [4.69, 9.17) is 4.98 Å². The highest BCUT2D eigenvalue weighted by molar-refractivity contribution is 7.17. The quantitative estimate of drug-likeness (QED) is 0.800. The molecule has 1 aliphatic rings. The summed E-state index contributed by atoms with van der Waals surface area (Å²) in [6, 6.07) is 2.12. The number of hydrogen-bond acceptors (Lipinski definition) is 3. The Morgan fingerprint density at radius 3 is 3.00 bits per heavy atom. The van der Waals surface area contributed by atoms with Crippen molar-refractivity contribution in [3.8, 4) is 0 Å². The van der Waals surface area contributed by atoms with E-state index in [1.165, 1.54) is 27.0 Å². The lowest BCUT2D eigenvalue weighted by molar-refractivity contribution is 0.630. The van der Waals surface area contributed by atoms with Gasteiger partial charge in [0.15, 0.2) is 0 Å². The summed E-state index contributed by atoms with van der Waals surface area (Å²) in [7, 11) is 0. The van der Waals surface area contributed by atoms with Crippen LogP contribution in [0, 0.1) is 6.92 Å².